The van der Waals surface area contributed by atoms with Gasteiger partial charge in [0.15, 0.2) is 5.16 Å². The highest BCUT2D eigenvalue weighted by atomic mass is 32.2. The van der Waals surface area contributed by atoms with Crippen LogP contribution in [0.25, 0.3) is 16.7 Å². The number of aromatic nitrogens is 4. The number of fused-ring (bicyclic) bond motifs is 3. The van der Waals surface area contributed by atoms with Crippen LogP contribution in [0.4, 0.5) is 4.79 Å². The summed E-state index contributed by atoms with van der Waals surface area (Å²) in [6.07, 6.45) is 0.818. The summed E-state index contributed by atoms with van der Waals surface area (Å²) in [6.45, 7) is 8.46. The van der Waals surface area contributed by atoms with Crippen LogP contribution in [-0.4, -0.2) is 36.4 Å². The van der Waals surface area contributed by atoms with Gasteiger partial charge < -0.3 is 5.73 Å². The highest BCUT2D eigenvalue weighted by Crippen LogP contribution is 2.29. The van der Waals surface area contributed by atoms with Gasteiger partial charge in [-0.05, 0) is 30.4 Å². The molecule has 10 heteroatoms. The van der Waals surface area contributed by atoms with Crippen LogP contribution in [0.3, 0.4) is 0 Å². The molecular formula is C20H26N6O3S. The quantitative estimate of drug-likeness (QED) is 0.555. The second kappa shape index (κ2) is 8.86. The average Bonchev–Trinajstić information content (AvgIpc) is 3.08. The molecule has 3 aromatic rings. The Balaban J connectivity index is 2.16. The summed E-state index contributed by atoms with van der Waals surface area (Å²) in [5.74, 6) is 0.263. The van der Waals surface area contributed by atoms with Gasteiger partial charge in [0.1, 0.15) is 0 Å². The monoisotopic (exact) mass is 430 g/mol. The maximum absolute atomic E-state index is 13.1. The largest absolute Gasteiger partial charge is 0.351 e. The topological polar surface area (TPSA) is 124 Å². The minimum atomic E-state index is -0.898. The number of primary amides is 1. The molecule has 2 heterocycles. The number of nitrogens with one attached hydrogen (secondary N) is 1. The van der Waals surface area contributed by atoms with Crippen molar-refractivity contribution in [2.45, 2.75) is 51.1 Å². The zero-order valence-corrected chi connectivity index (χ0v) is 18.3. The SMILES string of the molecule is CC(C)CCn1c(=O)c2ccccc2n2c(SC(C(=O)NC(N)=O)C(C)C)nnc12. The Labute approximate surface area is 178 Å². The summed E-state index contributed by atoms with van der Waals surface area (Å²) >= 11 is 1.19. The third-order valence-corrected chi connectivity index (χ3v) is 6.24. The molecule has 1 aromatic carbocycles. The molecule has 0 aliphatic heterocycles. The number of nitrogens with zero attached hydrogens (tertiary/aromatic N) is 4. The zero-order valence-electron chi connectivity index (χ0n) is 17.5. The first-order chi connectivity index (χ1) is 14.2. The van der Waals surface area contributed by atoms with Gasteiger partial charge in [0.05, 0.1) is 16.2 Å². The van der Waals surface area contributed by atoms with Crippen LogP contribution in [0.2, 0.25) is 0 Å². The van der Waals surface area contributed by atoms with E-state index in [1.165, 1.54) is 11.8 Å². The Kier molecular flexibility index (Phi) is 6.45. The van der Waals surface area contributed by atoms with Gasteiger partial charge in [0.2, 0.25) is 11.7 Å². The average molecular weight is 431 g/mol. The van der Waals surface area contributed by atoms with Crippen LogP contribution in [-0.2, 0) is 11.3 Å². The van der Waals surface area contributed by atoms with Gasteiger partial charge in [-0.2, -0.15) is 0 Å². The van der Waals surface area contributed by atoms with Crippen molar-refractivity contribution in [3.8, 4) is 0 Å². The van der Waals surface area contributed by atoms with Crippen molar-refractivity contribution in [3.63, 3.8) is 0 Å². The van der Waals surface area contributed by atoms with Gasteiger partial charge >= 0.3 is 6.03 Å². The minimum Gasteiger partial charge on any atom is -0.351 e. The van der Waals surface area contributed by atoms with Crippen LogP contribution in [0.5, 0.6) is 0 Å². The fourth-order valence-corrected chi connectivity index (χ4v) is 4.24. The number of carbonyl (C=O) groups excluding carboxylic acids is 2. The Morgan fingerprint density at radius 2 is 1.87 bits per heavy atom. The number of hydrogen-bond donors (Lipinski definition) is 2. The molecule has 9 nitrogen and oxygen atoms in total. The number of rotatable bonds is 7. The van der Waals surface area contributed by atoms with Crippen molar-refractivity contribution < 1.29 is 9.59 Å². The van der Waals surface area contributed by atoms with E-state index in [0.29, 0.717) is 34.3 Å². The van der Waals surface area contributed by atoms with Crippen LogP contribution >= 0.6 is 11.8 Å². The molecule has 0 spiro atoms. The Bertz CT molecular complexity index is 1150. The molecule has 0 bridgehead atoms. The molecule has 0 saturated heterocycles. The molecule has 3 N–H and O–H groups in total. The number of hydrogen-bond acceptors (Lipinski definition) is 6. The predicted octanol–water partition coefficient (Wildman–Crippen LogP) is 2.40. The molecular weight excluding hydrogens is 404 g/mol. The van der Waals surface area contributed by atoms with E-state index in [-0.39, 0.29) is 11.5 Å². The summed E-state index contributed by atoms with van der Waals surface area (Å²) in [4.78, 5) is 36.7. The normalized spacial score (nSPS) is 12.7. The predicted molar refractivity (Wildman–Crippen MR) is 116 cm³/mol. The summed E-state index contributed by atoms with van der Waals surface area (Å²) in [5.41, 5.74) is 5.67. The molecule has 1 unspecified atom stereocenters. The molecule has 0 aliphatic rings. The van der Waals surface area contributed by atoms with Crippen LogP contribution < -0.4 is 16.6 Å². The van der Waals surface area contributed by atoms with Gasteiger partial charge in [0.25, 0.3) is 5.56 Å². The van der Waals surface area contributed by atoms with Gasteiger partial charge in [-0.25, -0.2) is 4.79 Å². The lowest BCUT2D eigenvalue weighted by Gasteiger charge is -2.18. The van der Waals surface area contributed by atoms with Gasteiger partial charge in [-0.1, -0.05) is 51.6 Å². The van der Waals surface area contributed by atoms with Crippen molar-refractivity contribution in [1.82, 2.24) is 24.5 Å². The Hall–Kier alpha value is -2.88. The van der Waals surface area contributed by atoms with E-state index in [1.54, 1.807) is 15.0 Å². The zero-order chi connectivity index (χ0) is 22.0. The number of aryl methyl sites for hydroxylation is 1. The third-order valence-electron chi connectivity index (χ3n) is 4.75. The lowest BCUT2D eigenvalue weighted by Crippen LogP contribution is -2.42. The smallest absolute Gasteiger partial charge is 0.318 e. The number of thioether (sulfide) groups is 1. The first-order valence-corrected chi connectivity index (χ1v) is 10.7. The highest BCUT2D eigenvalue weighted by molar-refractivity contribution is 8.00. The molecule has 0 saturated carbocycles. The standard InChI is InChI=1S/C20H26N6O3S/c1-11(2)9-10-25-17(28)13-7-5-6-8-14(13)26-19(25)23-24-20(26)30-15(12(3)4)16(27)22-18(21)29/h5-8,11-12,15H,9-10H2,1-4H3,(H3,21,22,27,29). The number of amides is 3. The van der Waals surface area contributed by atoms with Crippen molar-refractivity contribution in [2.24, 2.45) is 17.6 Å². The van der Waals surface area contributed by atoms with E-state index in [9.17, 15) is 14.4 Å². The summed E-state index contributed by atoms with van der Waals surface area (Å²) in [7, 11) is 0. The number of nitrogens with two attached hydrogens (primary N) is 1. The van der Waals surface area contributed by atoms with E-state index in [2.05, 4.69) is 29.4 Å². The van der Waals surface area contributed by atoms with Gasteiger partial charge in [0, 0.05) is 6.54 Å². The molecule has 160 valence electrons. The lowest BCUT2D eigenvalue weighted by atomic mass is 10.1. The fourth-order valence-electron chi connectivity index (χ4n) is 3.20. The van der Waals surface area contributed by atoms with Gasteiger partial charge in [-0.3, -0.25) is 23.9 Å². The van der Waals surface area contributed by atoms with Crippen molar-refractivity contribution in [3.05, 3.63) is 34.6 Å². The number of benzene rings is 1. The highest BCUT2D eigenvalue weighted by Gasteiger charge is 2.28. The van der Waals surface area contributed by atoms with Crippen LogP contribution in [0.1, 0.15) is 34.1 Å². The number of urea groups is 1. The maximum Gasteiger partial charge on any atom is 0.318 e. The van der Waals surface area contributed by atoms with E-state index in [4.69, 9.17) is 5.73 Å². The molecule has 3 amide bonds. The molecule has 0 fully saturated rings. The summed E-state index contributed by atoms with van der Waals surface area (Å²) < 4.78 is 3.43. The maximum atomic E-state index is 13.1. The van der Waals surface area contributed by atoms with Crippen LogP contribution in [0.15, 0.2) is 34.2 Å². The van der Waals surface area contributed by atoms with E-state index < -0.39 is 17.2 Å². The number of carbonyl (C=O) groups is 2. The first-order valence-electron chi connectivity index (χ1n) is 9.84. The van der Waals surface area contributed by atoms with Crippen molar-refractivity contribution >= 4 is 40.4 Å². The molecule has 2 aromatic heterocycles. The fraction of sp³-hybridized carbons (Fsp3) is 0.450. The first kappa shape index (κ1) is 21.8. The second-order valence-corrected chi connectivity index (χ2v) is 9.02. The number of imide groups is 1. The molecule has 30 heavy (non-hydrogen) atoms. The Morgan fingerprint density at radius 1 is 1.17 bits per heavy atom. The van der Waals surface area contributed by atoms with Crippen molar-refractivity contribution in [2.75, 3.05) is 0 Å². The van der Waals surface area contributed by atoms with E-state index in [0.717, 1.165) is 6.42 Å². The third kappa shape index (κ3) is 4.33. The molecule has 1 atom stereocenters. The summed E-state index contributed by atoms with van der Waals surface area (Å²) in [6, 6.07) is 6.37. The summed E-state index contributed by atoms with van der Waals surface area (Å²) in [5, 5.41) is 11.1. The Morgan fingerprint density at radius 3 is 2.50 bits per heavy atom. The minimum absolute atomic E-state index is 0.0974. The van der Waals surface area contributed by atoms with Crippen LogP contribution in [0, 0.1) is 11.8 Å². The number of para-hydroxylation sites is 1. The lowest BCUT2D eigenvalue weighted by molar-refractivity contribution is -0.120. The molecule has 0 radical (unpaired) electrons. The van der Waals surface area contributed by atoms with E-state index in [1.807, 2.05) is 32.0 Å². The molecule has 0 aliphatic carbocycles. The van der Waals surface area contributed by atoms with Crippen molar-refractivity contribution in [1.29, 1.82) is 0 Å². The van der Waals surface area contributed by atoms with E-state index >= 15 is 0 Å². The van der Waals surface area contributed by atoms with Gasteiger partial charge in [-0.15, -0.1) is 10.2 Å². The molecule has 3 rings (SSSR count). The second-order valence-electron chi connectivity index (χ2n) is 7.91.